The number of aromatic nitrogens is 4. The number of aliphatic hydroxyl groups is 1. The molecule has 11 nitrogen and oxygen atoms in total. The summed E-state index contributed by atoms with van der Waals surface area (Å²) in [7, 11) is -3.94. The number of aliphatic hydroxyl groups excluding tert-OH is 1. The molecule has 14 heteroatoms. The van der Waals surface area contributed by atoms with Crippen LogP contribution in [0.25, 0.3) is 11.1 Å². The molecule has 0 saturated heterocycles. The molecule has 0 saturated carbocycles. The Morgan fingerprint density at radius 2 is 1.64 bits per heavy atom. The maximum Gasteiger partial charge on any atom is 0.316 e. The topological polar surface area (TPSA) is 148 Å². The van der Waals surface area contributed by atoms with Crippen LogP contribution in [-0.4, -0.2) is 59.8 Å². The predicted molar refractivity (Wildman–Crippen MR) is 128 cm³/mol. The molecule has 0 aliphatic carbocycles. The summed E-state index contributed by atoms with van der Waals surface area (Å²) in [5.74, 6) is 0.205. The quantitative estimate of drug-likeness (QED) is 0.265. The molecule has 0 radical (unpaired) electrons. The standard InChI is InChI=1S/C19H20Br2N6O5S/c20-14-4-2-13(3-5-14)16-17(27-33(29,30)26-6-1-7-28)24-12-25-18(16)31-8-9-32-19-22-10-15(21)11-23-19/h2-5,10-12,26,28H,1,6-9H2,(H,24,25,27). The van der Waals surface area contributed by atoms with Crippen LogP contribution in [0, 0.1) is 0 Å². The van der Waals surface area contributed by atoms with Crippen LogP contribution in [0.1, 0.15) is 6.42 Å². The molecule has 3 N–H and O–H groups in total. The van der Waals surface area contributed by atoms with Crippen molar-refractivity contribution in [1.29, 1.82) is 0 Å². The van der Waals surface area contributed by atoms with Gasteiger partial charge in [-0.05, 0) is 40.0 Å². The van der Waals surface area contributed by atoms with Crippen molar-refractivity contribution < 1.29 is 23.0 Å². The molecule has 0 bridgehead atoms. The van der Waals surface area contributed by atoms with Crippen molar-refractivity contribution in [2.24, 2.45) is 0 Å². The zero-order valence-electron chi connectivity index (χ0n) is 17.1. The zero-order valence-corrected chi connectivity index (χ0v) is 21.1. The van der Waals surface area contributed by atoms with Crippen LogP contribution in [0.4, 0.5) is 5.82 Å². The lowest BCUT2D eigenvalue weighted by molar-refractivity contribution is 0.202. The molecule has 0 aliphatic heterocycles. The van der Waals surface area contributed by atoms with Gasteiger partial charge in [0.1, 0.15) is 19.5 Å². The van der Waals surface area contributed by atoms with Crippen LogP contribution in [-0.2, 0) is 10.2 Å². The highest BCUT2D eigenvalue weighted by Crippen LogP contribution is 2.34. The van der Waals surface area contributed by atoms with Gasteiger partial charge in [-0.25, -0.2) is 19.9 Å². The van der Waals surface area contributed by atoms with Crippen molar-refractivity contribution in [3.8, 4) is 23.0 Å². The zero-order chi connectivity index (χ0) is 23.7. The fourth-order valence-electron chi connectivity index (χ4n) is 2.53. The Kier molecular flexibility index (Phi) is 9.31. The fourth-order valence-corrected chi connectivity index (χ4v) is 3.89. The molecule has 0 atom stereocenters. The van der Waals surface area contributed by atoms with E-state index >= 15 is 0 Å². The van der Waals surface area contributed by atoms with Crippen molar-refractivity contribution in [2.45, 2.75) is 6.42 Å². The molecular weight excluding hydrogens is 584 g/mol. The molecule has 1 aromatic carbocycles. The van der Waals surface area contributed by atoms with E-state index in [9.17, 15) is 8.42 Å². The van der Waals surface area contributed by atoms with Crippen molar-refractivity contribution in [3.63, 3.8) is 0 Å². The summed E-state index contributed by atoms with van der Waals surface area (Å²) in [6, 6.07) is 7.35. The number of rotatable bonds is 12. The fraction of sp³-hybridized carbons (Fsp3) is 0.263. The molecule has 0 unspecified atom stereocenters. The molecule has 3 rings (SSSR count). The van der Waals surface area contributed by atoms with E-state index < -0.39 is 10.2 Å². The lowest BCUT2D eigenvalue weighted by atomic mass is 10.1. The van der Waals surface area contributed by atoms with Crippen LogP contribution in [0.3, 0.4) is 0 Å². The lowest BCUT2D eigenvalue weighted by Crippen LogP contribution is -2.32. The Morgan fingerprint density at radius 1 is 0.939 bits per heavy atom. The van der Waals surface area contributed by atoms with E-state index in [1.54, 1.807) is 36.7 Å². The third kappa shape index (κ3) is 7.85. The van der Waals surface area contributed by atoms with Crippen molar-refractivity contribution in [1.82, 2.24) is 24.7 Å². The minimum absolute atomic E-state index is 0.0379. The molecule has 176 valence electrons. The number of nitrogens with zero attached hydrogens (tertiary/aromatic N) is 4. The number of anilines is 1. The maximum atomic E-state index is 12.4. The van der Waals surface area contributed by atoms with Gasteiger partial charge in [0.05, 0.1) is 10.0 Å². The summed E-state index contributed by atoms with van der Waals surface area (Å²) in [5.41, 5.74) is 0.997. The third-order valence-corrected chi connectivity index (χ3v) is 5.94. The predicted octanol–water partition coefficient (Wildman–Crippen LogP) is 2.55. The number of benzene rings is 1. The smallest absolute Gasteiger partial charge is 0.316 e. The number of hydrogen-bond acceptors (Lipinski definition) is 9. The first-order valence-electron chi connectivity index (χ1n) is 9.60. The lowest BCUT2D eigenvalue weighted by Gasteiger charge is -2.16. The number of nitrogens with one attached hydrogen (secondary N) is 2. The largest absolute Gasteiger partial charge is 0.473 e. The van der Waals surface area contributed by atoms with Crippen LogP contribution in [0.15, 0.2) is 51.9 Å². The van der Waals surface area contributed by atoms with Gasteiger partial charge in [-0.15, -0.1) is 0 Å². The number of ether oxygens (including phenoxy) is 2. The molecule has 33 heavy (non-hydrogen) atoms. The Balaban J connectivity index is 1.79. The summed E-state index contributed by atoms with van der Waals surface area (Å²) >= 11 is 6.63. The molecule has 3 aromatic rings. The van der Waals surface area contributed by atoms with Gasteiger partial charge < -0.3 is 14.6 Å². The Labute approximate surface area is 207 Å². The first kappa shape index (κ1) is 25.2. The van der Waals surface area contributed by atoms with Crippen molar-refractivity contribution in [3.05, 3.63) is 51.9 Å². The Hall–Kier alpha value is -2.39. The Bertz CT molecular complexity index is 1150. The van der Waals surface area contributed by atoms with E-state index in [1.165, 1.54) is 6.33 Å². The highest BCUT2D eigenvalue weighted by atomic mass is 79.9. The van der Waals surface area contributed by atoms with E-state index in [0.717, 1.165) is 8.95 Å². The molecular formula is C19H20Br2N6O5S. The normalized spacial score (nSPS) is 11.2. The maximum absolute atomic E-state index is 12.4. The molecule has 2 heterocycles. The SMILES string of the molecule is O=S(=O)(NCCCO)Nc1ncnc(OCCOc2ncc(Br)cn2)c1-c1ccc(Br)cc1. The highest BCUT2D eigenvalue weighted by Gasteiger charge is 2.20. The van der Waals surface area contributed by atoms with Gasteiger partial charge in [-0.3, -0.25) is 4.72 Å². The average Bonchev–Trinajstić information content (AvgIpc) is 2.79. The minimum Gasteiger partial charge on any atom is -0.473 e. The van der Waals surface area contributed by atoms with Crippen LogP contribution in [0.2, 0.25) is 0 Å². The molecule has 0 amide bonds. The number of halogens is 2. The summed E-state index contributed by atoms with van der Waals surface area (Å²) in [5, 5.41) is 8.88. The molecule has 0 spiro atoms. The second kappa shape index (κ2) is 12.2. The van der Waals surface area contributed by atoms with Gasteiger partial charge in [-0.2, -0.15) is 13.1 Å². The van der Waals surface area contributed by atoms with Crippen molar-refractivity contribution >= 4 is 47.9 Å². The minimum atomic E-state index is -3.94. The van der Waals surface area contributed by atoms with Crippen LogP contribution in [0.5, 0.6) is 11.9 Å². The average molecular weight is 604 g/mol. The van der Waals surface area contributed by atoms with E-state index in [4.69, 9.17) is 14.6 Å². The van der Waals surface area contributed by atoms with Crippen LogP contribution >= 0.6 is 31.9 Å². The monoisotopic (exact) mass is 602 g/mol. The van der Waals surface area contributed by atoms with E-state index in [2.05, 4.69) is 61.2 Å². The molecule has 2 aromatic heterocycles. The first-order chi connectivity index (χ1) is 15.9. The van der Waals surface area contributed by atoms with Crippen molar-refractivity contribution in [2.75, 3.05) is 31.1 Å². The summed E-state index contributed by atoms with van der Waals surface area (Å²) in [6.45, 7) is 0.172. The number of hydrogen-bond donors (Lipinski definition) is 3. The van der Waals surface area contributed by atoms with Gasteiger partial charge in [0, 0.05) is 30.0 Å². The summed E-state index contributed by atoms with van der Waals surface area (Å²) in [4.78, 5) is 16.3. The Morgan fingerprint density at radius 3 is 2.33 bits per heavy atom. The van der Waals surface area contributed by atoms with Gasteiger partial charge in [0.15, 0.2) is 5.82 Å². The van der Waals surface area contributed by atoms with Gasteiger partial charge in [-0.1, -0.05) is 28.1 Å². The molecule has 0 fully saturated rings. The van der Waals surface area contributed by atoms with Gasteiger partial charge in [0.2, 0.25) is 5.88 Å². The van der Waals surface area contributed by atoms with Crippen LogP contribution < -0.4 is 18.9 Å². The first-order valence-corrected chi connectivity index (χ1v) is 12.7. The van der Waals surface area contributed by atoms with E-state index in [1.807, 2.05) is 0 Å². The van der Waals surface area contributed by atoms with E-state index in [-0.39, 0.29) is 50.5 Å². The highest BCUT2D eigenvalue weighted by molar-refractivity contribution is 9.10. The van der Waals surface area contributed by atoms with E-state index in [0.29, 0.717) is 11.1 Å². The summed E-state index contributed by atoms with van der Waals surface area (Å²) < 4.78 is 42.4. The second-order valence-corrected chi connectivity index (χ2v) is 9.70. The molecule has 0 aliphatic rings. The third-order valence-electron chi connectivity index (χ3n) is 3.95. The van der Waals surface area contributed by atoms with Gasteiger partial charge >= 0.3 is 6.01 Å². The summed E-state index contributed by atoms with van der Waals surface area (Å²) in [6.07, 6.45) is 4.60. The van der Waals surface area contributed by atoms with Gasteiger partial charge in [0.25, 0.3) is 10.2 Å². The second-order valence-electron chi connectivity index (χ2n) is 6.37.